The van der Waals surface area contributed by atoms with E-state index in [1.807, 2.05) is 6.07 Å². The minimum Gasteiger partial charge on any atom is -0.356 e. The number of anilines is 1. The Bertz CT molecular complexity index is 1260. The van der Waals surface area contributed by atoms with E-state index >= 15 is 0 Å². The number of piperidine rings is 1. The zero-order chi connectivity index (χ0) is 22.5. The van der Waals surface area contributed by atoms with E-state index in [1.54, 1.807) is 10.5 Å². The highest BCUT2D eigenvalue weighted by molar-refractivity contribution is 7.88. The van der Waals surface area contributed by atoms with Crippen molar-refractivity contribution in [3.63, 3.8) is 0 Å². The Morgan fingerprint density at radius 2 is 1.81 bits per heavy atom. The van der Waals surface area contributed by atoms with E-state index in [4.69, 9.17) is 0 Å². The van der Waals surface area contributed by atoms with Crippen LogP contribution in [0.3, 0.4) is 0 Å². The lowest BCUT2D eigenvalue weighted by molar-refractivity contribution is 0.144. The summed E-state index contributed by atoms with van der Waals surface area (Å²) in [5, 5.41) is 4.01. The summed E-state index contributed by atoms with van der Waals surface area (Å²) in [6.45, 7) is 2.70. The maximum atomic E-state index is 13.1. The third-order valence-electron chi connectivity index (χ3n) is 6.54. The molecule has 12 heteroatoms. The molecule has 32 heavy (non-hydrogen) atoms. The van der Waals surface area contributed by atoms with Crippen LogP contribution >= 0.6 is 0 Å². The lowest BCUT2D eigenvalue weighted by atomic mass is 9.78. The topological polar surface area (TPSA) is 96.6 Å². The second-order valence-electron chi connectivity index (χ2n) is 8.57. The molecule has 0 atom stereocenters. The van der Waals surface area contributed by atoms with Crippen LogP contribution in [0.25, 0.3) is 17.0 Å². The van der Waals surface area contributed by atoms with Crippen LogP contribution in [0.1, 0.15) is 31.4 Å². The molecular formula is C20H23F2N7O2S. The molecule has 0 bridgehead atoms. The van der Waals surface area contributed by atoms with Crippen molar-refractivity contribution in [3.05, 3.63) is 36.4 Å². The number of sulfonamides is 1. The molecule has 2 saturated heterocycles. The van der Waals surface area contributed by atoms with Crippen molar-refractivity contribution in [2.24, 2.45) is 5.41 Å². The Morgan fingerprint density at radius 1 is 1.06 bits per heavy atom. The summed E-state index contributed by atoms with van der Waals surface area (Å²) in [4.78, 5) is 15.2. The average Bonchev–Trinajstić information content (AvgIpc) is 3.38. The summed E-state index contributed by atoms with van der Waals surface area (Å²) in [7, 11) is -3.16. The molecule has 0 radical (unpaired) electrons. The summed E-state index contributed by atoms with van der Waals surface area (Å²) >= 11 is 0. The van der Waals surface area contributed by atoms with Gasteiger partial charge in [0.1, 0.15) is 23.5 Å². The summed E-state index contributed by atoms with van der Waals surface area (Å²) < 4.78 is 52.8. The molecule has 1 spiro atoms. The first-order valence-corrected chi connectivity index (χ1v) is 12.2. The fourth-order valence-electron chi connectivity index (χ4n) is 4.67. The molecule has 2 aliphatic heterocycles. The van der Waals surface area contributed by atoms with E-state index in [0.29, 0.717) is 30.1 Å². The lowest BCUT2D eigenvalue weighted by Crippen LogP contribution is -2.43. The number of halogens is 2. The highest BCUT2D eigenvalue weighted by atomic mass is 32.2. The molecule has 0 unspecified atom stereocenters. The van der Waals surface area contributed by atoms with Crippen molar-refractivity contribution >= 4 is 21.5 Å². The molecular weight excluding hydrogens is 440 g/mol. The summed E-state index contributed by atoms with van der Waals surface area (Å²) in [5.74, 6) is 0.748. The highest BCUT2D eigenvalue weighted by Gasteiger charge is 2.42. The molecule has 2 fully saturated rings. The van der Waals surface area contributed by atoms with Crippen LogP contribution in [0.4, 0.5) is 14.6 Å². The molecule has 3 aromatic rings. The molecule has 0 aliphatic carbocycles. The van der Waals surface area contributed by atoms with Crippen LogP contribution in [0.2, 0.25) is 0 Å². The number of alkyl halides is 2. The normalized spacial score (nSPS) is 19.4. The Labute approximate surface area is 184 Å². The van der Waals surface area contributed by atoms with Crippen molar-refractivity contribution in [1.82, 2.24) is 28.9 Å². The first-order chi connectivity index (χ1) is 15.2. The van der Waals surface area contributed by atoms with Gasteiger partial charge in [0.05, 0.1) is 18.1 Å². The van der Waals surface area contributed by atoms with Crippen LogP contribution in [0.15, 0.2) is 30.7 Å². The number of nitrogens with zero attached hydrogens (tertiary/aromatic N) is 7. The standard InChI is InChI=1S/C20H23F2N7O2S/c1-32(30,31)28-8-5-20(6-9-28)4-7-27(12-20)18-10-15(24-13-25-18)16-11-23-17-3-2-14(19(21)22)26-29(16)17/h2-3,10-11,13,19H,4-9,12H2,1H3. The van der Waals surface area contributed by atoms with Crippen LogP contribution in [0, 0.1) is 5.41 Å². The van der Waals surface area contributed by atoms with E-state index in [0.717, 1.165) is 38.2 Å². The molecule has 0 amide bonds. The lowest BCUT2D eigenvalue weighted by Gasteiger charge is -2.38. The van der Waals surface area contributed by atoms with E-state index in [9.17, 15) is 17.2 Å². The molecule has 2 aliphatic rings. The fourth-order valence-corrected chi connectivity index (χ4v) is 5.52. The maximum Gasteiger partial charge on any atom is 0.282 e. The monoisotopic (exact) mass is 463 g/mol. The Morgan fingerprint density at radius 3 is 2.53 bits per heavy atom. The summed E-state index contributed by atoms with van der Waals surface area (Å²) in [5.41, 5.74) is 1.27. The first-order valence-electron chi connectivity index (χ1n) is 10.4. The average molecular weight is 464 g/mol. The van der Waals surface area contributed by atoms with Gasteiger partial charge in [-0.25, -0.2) is 41.0 Å². The maximum absolute atomic E-state index is 13.1. The third kappa shape index (κ3) is 3.81. The van der Waals surface area contributed by atoms with Gasteiger partial charge < -0.3 is 4.90 Å². The van der Waals surface area contributed by atoms with Gasteiger partial charge in [-0.2, -0.15) is 5.10 Å². The van der Waals surface area contributed by atoms with E-state index < -0.39 is 16.4 Å². The molecule has 0 aromatic carbocycles. The highest BCUT2D eigenvalue weighted by Crippen LogP contribution is 2.42. The van der Waals surface area contributed by atoms with E-state index in [-0.39, 0.29) is 11.1 Å². The first kappa shape index (κ1) is 21.1. The molecule has 5 heterocycles. The second kappa shape index (κ2) is 7.69. The number of hydrogen-bond acceptors (Lipinski definition) is 7. The van der Waals surface area contributed by atoms with Gasteiger partial charge in [-0.05, 0) is 36.8 Å². The number of aromatic nitrogens is 5. The minimum atomic E-state index is -3.16. The molecule has 170 valence electrons. The predicted molar refractivity (Wildman–Crippen MR) is 114 cm³/mol. The molecule has 0 saturated carbocycles. The van der Waals surface area contributed by atoms with Crippen molar-refractivity contribution in [2.45, 2.75) is 25.7 Å². The van der Waals surface area contributed by atoms with Gasteiger partial charge >= 0.3 is 0 Å². The zero-order valence-electron chi connectivity index (χ0n) is 17.5. The molecule has 9 nitrogen and oxygen atoms in total. The van der Waals surface area contributed by atoms with Gasteiger partial charge in [0.15, 0.2) is 5.65 Å². The van der Waals surface area contributed by atoms with E-state index in [2.05, 4.69) is 25.0 Å². The number of rotatable bonds is 4. The Balaban J connectivity index is 1.38. The van der Waals surface area contributed by atoms with Gasteiger partial charge in [0.25, 0.3) is 6.43 Å². The van der Waals surface area contributed by atoms with Crippen molar-refractivity contribution in [2.75, 3.05) is 37.3 Å². The molecule has 0 N–H and O–H groups in total. The summed E-state index contributed by atoms with van der Waals surface area (Å²) in [6.07, 6.45) is 4.22. The number of hydrogen-bond donors (Lipinski definition) is 0. The van der Waals surface area contributed by atoms with Gasteiger partial charge in [-0.3, -0.25) is 0 Å². The van der Waals surface area contributed by atoms with Gasteiger partial charge in [-0.15, -0.1) is 0 Å². The largest absolute Gasteiger partial charge is 0.356 e. The van der Waals surface area contributed by atoms with Crippen LogP contribution in [-0.2, 0) is 10.0 Å². The van der Waals surface area contributed by atoms with E-state index in [1.165, 1.54) is 29.2 Å². The van der Waals surface area contributed by atoms with Crippen molar-refractivity contribution in [1.29, 1.82) is 0 Å². The Hall–Kier alpha value is -2.73. The zero-order valence-corrected chi connectivity index (χ0v) is 18.3. The predicted octanol–water partition coefficient (Wildman–Crippen LogP) is 2.38. The quantitative estimate of drug-likeness (QED) is 0.586. The smallest absolute Gasteiger partial charge is 0.282 e. The second-order valence-corrected chi connectivity index (χ2v) is 10.5. The number of fused-ring (bicyclic) bond motifs is 1. The van der Waals surface area contributed by atoms with Crippen LogP contribution < -0.4 is 4.90 Å². The minimum absolute atomic E-state index is 0.0728. The Kier molecular flexibility index (Phi) is 5.08. The van der Waals surface area contributed by atoms with Gasteiger partial charge in [0.2, 0.25) is 10.0 Å². The van der Waals surface area contributed by atoms with Gasteiger partial charge in [-0.1, -0.05) is 0 Å². The van der Waals surface area contributed by atoms with Crippen LogP contribution in [-0.4, -0.2) is 69.7 Å². The SMILES string of the molecule is CS(=O)(=O)N1CCC2(CCN(c3cc(-c4cnc5ccc(C(F)F)nn45)ncn3)C2)CC1. The summed E-state index contributed by atoms with van der Waals surface area (Å²) in [6, 6.07) is 4.60. The third-order valence-corrected chi connectivity index (χ3v) is 7.84. The van der Waals surface area contributed by atoms with Crippen molar-refractivity contribution < 1.29 is 17.2 Å². The van der Waals surface area contributed by atoms with Gasteiger partial charge in [0, 0.05) is 32.2 Å². The van der Waals surface area contributed by atoms with Crippen molar-refractivity contribution in [3.8, 4) is 11.4 Å². The molecule has 5 rings (SSSR count). The van der Waals surface area contributed by atoms with Crippen LogP contribution in [0.5, 0.6) is 0 Å². The molecule has 3 aromatic heterocycles. The fraction of sp³-hybridized carbons (Fsp3) is 0.500. The number of imidazole rings is 1.